The molecule has 6 nitrogen and oxygen atoms in total. The molecule has 1 atom stereocenters. The van der Waals surface area contributed by atoms with Gasteiger partial charge in [-0.2, -0.15) is 5.26 Å². The molecule has 1 aliphatic heterocycles. The lowest BCUT2D eigenvalue weighted by molar-refractivity contribution is -0.0656. The van der Waals surface area contributed by atoms with E-state index in [0.29, 0.717) is 43.8 Å². The molecule has 0 amide bonds. The Labute approximate surface area is 187 Å². The number of nitrogens with zero attached hydrogens (tertiary/aromatic N) is 2. The van der Waals surface area contributed by atoms with E-state index in [1.807, 2.05) is 42.5 Å². The minimum atomic E-state index is -0.995. The highest BCUT2D eigenvalue weighted by atomic mass is 16.5. The minimum absolute atomic E-state index is 0.159. The van der Waals surface area contributed by atoms with Crippen LogP contribution in [0.15, 0.2) is 60.7 Å². The van der Waals surface area contributed by atoms with Crippen LogP contribution in [-0.4, -0.2) is 64.8 Å². The fraction of sp³-hybridized carbons (Fsp3) is 0.346. The van der Waals surface area contributed by atoms with Gasteiger partial charge < -0.3 is 25.0 Å². The van der Waals surface area contributed by atoms with Crippen LogP contribution in [0.2, 0.25) is 0 Å². The van der Waals surface area contributed by atoms with Crippen LogP contribution in [0.3, 0.4) is 0 Å². The van der Waals surface area contributed by atoms with E-state index in [1.165, 1.54) is 0 Å². The molecule has 0 aromatic heterocycles. The third-order valence-corrected chi connectivity index (χ3v) is 6.15. The van der Waals surface area contributed by atoms with Gasteiger partial charge in [0, 0.05) is 19.6 Å². The van der Waals surface area contributed by atoms with Crippen molar-refractivity contribution in [2.75, 3.05) is 32.8 Å². The van der Waals surface area contributed by atoms with Crippen LogP contribution in [0.1, 0.15) is 18.4 Å². The largest absolute Gasteiger partial charge is 0.491 e. The molecule has 1 aliphatic rings. The molecule has 32 heavy (non-hydrogen) atoms. The number of hydrogen-bond donors (Lipinski definition) is 3. The fourth-order valence-electron chi connectivity index (χ4n) is 4.18. The Morgan fingerprint density at radius 2 is 1.78 bits per heavy atom. The summed E-state index contributed by atoms with van der Waals surface area (Å²) < 4.78 is 5.97. The fourth-order valence-corrected chi connectivity index (χ4v) is 4.18. The van der Waals surface area contributed by atoms with Crippen molar-refractivity contribution < 1.29 is 20.1 Å². The molecule has 0 radical (unpaired) electrons. The van der Waals surface area contributed by atoms with Crippen LogP contribution in [0.5, 0.6) is 5.75 Å². The molecule has 1 heterocycles. The van der Waals surface area contributed by atoms with Crippen LogP contribution < -0.4 is 4.74 Å². The van der Waals surface area contributed by atoms with E-state index in [-0.39, 0.29) is 13.2 Å². The van der Waals surface area contributed by atoms with E-state index in [9.17, 15) is 15.3 Å². The third kappa shape index (κ3) is 5.09. The molecule has 1 saturated heterocycles. The molecule has 3 aromatic carbocycles. The monoisotopic (exact) mass is 432 g/mol. The number of aliphatic hydroxyl groups is 3. The zero-order valence-electron chi connectivity index (χ0n) is 17.9. The molecule has 0 aliphatic carbocycles. The third-order valence-electron chi connectivity index (χ3n) is 6.15. The highest BCUT2D eigenvalue weighted by Gasteiger charge is 2.32. The lowest BCUT2D eigenvalue weighted by Gasteiger charge is -2.37. The smallest absolute Gasteiger partial charge is 0.120 e. The average molecular weight is 433 g/mol. The number of aliphatic hydroxyl groups excluding tert-OH is 2. The number of ether oxygens (including phenoxy) is 1. The summed E-state index contributed by atoms with van der Waals surface area (Å²) in [5, 5.41) is 41.1. The standard InChI is InChI=1S/C26H28N2O4/c27-15-19-5-7-20(8-6-19)25-14-23(13-21-3-1-2-4-24(21)25)32-17-22(30)16-28-11-9-26(31,18-29)10-12-28/h1-8,13-14,22,29-31H,9-12,16-18H2. The van der Waals surface area contributed by atoms with Gasteiger partial charge in [0.2, 0.25) is 0 Å². The van der Waals surface area contributed by atoms with Crippen LogP contribution in [0.25, 0.3) is 21.9 Å². The number of fused-ring (bicyclic) bond motifs is 1. The Kier molecular flexibility index (Phi) is 6.73. The Bertz CT molecular complexity index is 1100. The number of likely N-dealkylation sites (tertiary alicyclic amines) is 1. The summed E-state index contributed by atoms with van der Waals surface area (Å²) in [5.41, 5.74) is 1.63. The lowest BCUT2D eigenvalue weighted by Crippen LogP contribution is -2.48. The van der Waals surface area contributed by atoms with Gasteiger partial charge in [-0.15, -0.1) is 0 Å². The van der Waals surface area contributed by atoms with Gasteiger partial charge in [0.1, 0.15) is 18.5 Å². The summed E-state index contributed by atoms with van der Waals surface area (Å²) in [6, 6.07) is 21.6. The second kappa shape index (κ2) is 9.68. The van der Waals surface area contributed by atoms with Crippen molar-refractivity contribution in [3.8, 4) is 22.9 Å². The van der Waals surface area contributed by atoms with E-state index in [1.54, 1.807) is 12.1 Å². The highest BCUT2D eigenvalue weighted by molar-refractivity contribution is 5.97. The van der Waals surface area contributed by atoms with Crippen molar-refractivity contribution in [1.29, 1.82) is 5.26 Å². The van der Waals surface area contributed by atoms with Gasteiger partial charge in [-0.05, 0) is 59.0 Å². The zero-order valence-corrected chi connectivity index (χ0v) is 17.9. The summed E-state index contributed by atoms with van der Waals surface area (Å²) in [7, 11) is 0. The molecule has 6 heteroatoms. The number of β-amino-alcohol motifs (C(OH)–C–C–N with tert-alkyl or cyclic N) is 1. The van der Waals surface area contributed by atoms with Crippen LogP contribution >= 0.6 is 0 Å². The van der Waals surface area contributed by atoms with Crippen molar-refractivity contribution in [2.24, 2.45) is 0 Å². The van der Waals surface area contributed by atoms with Gasteiger partial charge in [0.15, 0.2) is 0 Å². The summed E-state index contributed by atoms with van der Waals surface area (Å²) in [6.07, 6.45) is 0.325. The van der Waals surface area contributed by atoms with Gasteiger partial charge in [-0.3, -0.25) is 0 Å². The Hall–Kier alpha value is -2.95. The maximum Gasteiger partial charge on any atom is 0.120 e. The SMILES string of the molecule is N#Cc1ccc(-c2cc(OCC(O)CN3CCC(O)(CO)CC3)cc3ccccc23)cc1. The van der Waals surface area contributed by atoms with Crippen molar-refractivity contribution in [3.63, 3.8) is 0 Å². The van der Waals surface area contributed by atoms with E-state index < -0.39 is 11.7 Å². The summed E-state index contributed by atoms with van der Waals surface area (Å²) in [6.45, 7) is 1.65. The molecule has 3 aromatic rings. The van der Waals surface area contributed by atoms with Crippen LogP contribution in [0, 0.1) is 11.3 Å². The van der Waals surface area contributed by atoms with Crippen LogP contribution in [0.4, 0.5) is 0 Å². The molecule has 0 spiro atoms. The first-order valence-corrected chi connectivity index (χ1v) is 10.9. The molecule has 3 N–H and O–H groups in total. The normalized spacial score (nSPS) is 17.1. The molecule has 166 valence electrons. The number of benzene rings is 3. The molecule has 1 fully saturated rings. The van der Waals surface area contributed by atoms with E-state index >= 15 is 0 Å². The van der Waals surface area contributed by atoms with Gasteiger partial charge >= 0.3 is 0 Å². The molecule has 0 saturated carbocycles. The quantitative estimate of drug-likeness (QED) is 0.531. The maximum atomic E-state index is 10.5. The summed E-state index contributed by atoms with van der Waals surface area (Å²) >= 11 is 0. The van der Waals surface area contributed by atoms with Gasteiger partial charge in [0.25, 0.3) is 0 Å². The predicted molar refractivity (Wildman–Crippen MR) is 123 cm³/mol. The Morgan fingerprint density at radius 1 is 1.06 bits per heavy atom. The highest BCUT2D eigenvalue weighted by Crippen LogP contribution is 2.33. The first-order chi connectivity index (χ1) is 15.5. The van der Waals surface area contributed by atoms with Gasteiger partial charge in [-0.25, -0.2) is 0 Å². The van der Waals surface area contributed by atoms with Gasteiger partial charge in [0.05, 0.1) is 23.8 Å². The van der Waals surface area contributed by atoms with Crippen molar-refractivity contribution in [3.05, 3.63) is 66.2 Å². The van der Waals surface area contributed by atoms with Crippen molar-refractivity contribution in [1.82, 2.24) is 4.90 Å². The van der Waals surface area contributed by atoms with Crippen molar-refractivity contribution >= 4 is 10.8 Å². The molecular weight excluding hydrogens is 404 g/mol. The molecular formula is C26H28N2O4. The molecule has 4 rings (SSSR count). The minimum Gasteiger partial charge on any atom is -0.491 e. The summed E-state index contributed by atoms with van der Waals surface area (Å²) in [5.74, 6) is 0.676. The number of hydrogen-bond acceptors (Lipinski definition) is 6. The van der Waals surface area contributed by atoms with Crippen molar-refractivity contribution in [2.45, 2.75) is 24.5 Å². The van der Waals surface area contributed by atoms with E-state index in [0.717, 1.165) is 21.9 Å². The number of piperidine rings is 1. The van der Waals surface area contributed by atoms with E-state index in [2.05, 4.69) is 17.0 Å². The first-order valence-electron chi connectivity index (χ1n) is 10.9. The Morgan fingerprint density at radius 3 is 2.47 bits per heavy atom. The second-order valence-electron chi connectivity index (χ2n) is 8.53. The number of rotatable bonds is 7. The average Bonchev–Trinajstić information content (AvgIpc) is 2.84. The second-order valence-corrected chi connectivity index (χ2v) is 8.53. The predicted octanol–water partition coefficient (Wildman–Crippen LogP) is 2.94. The summed E-state index contributed by atoms with van der Waals surface area (Å²) in [4.78, 5) is 2.08. The molecule has 1 unspecified atom stereocenters. The Balaban J connectivity index is 1.46. The zero-order chi connectivity index (χ0) is 22.6. The van der Waals surface area contributed by atoms with Crippen LogP contribution in [-0.2, 0) is 0 Å². The number of nitriles is 1. The first kappa shape index (κ1) is 22.3. The maximum absolute atomic E-state index is 10.5. The molecule has 0 bridgehead atoms. The topological polar surface area (TPSA) is 97.0 Å². The van der Waals surface area contributed by atoms with E-state index in [4.69, 9.17) is 10.00 Å². The van der Waals surface area contributed by atoms with Gasteiger partial charge in [-0.1, -0.05) is 36.4 Å². The lowest BCUT2D eigenvalue weighted by atomic mass is 9.92.